The molecule has 1 aromatic carbocycles. The number of rotatable bonds is 6. The highest BCUT2D eigenvalue weighted by molar-refractivity contribution is 6.39. The number of carbonyl (C=O) groups excluding carboxylic acids is 1. The normalized spacial score (nSPS) is 11.0. The van der Waals surface area contributed by atoms with Gasteiger partial charge in [-0.25, -0.2) is 0 Å². The zero-order valence-corrected chi connectivity index (χ0v) is 14.0. The van der Waals surface area contributed by atoms with Crippen LogP contribution in [0, 0.1) is 0 Å². The Bertz CT molecular complexity index is 636. The Morgan fingerprint density at radius 2 is 2.05 bits per heavy atom. The highest BCUT2D eigenvalue weighted by Crippen LogP contribution is 2.29. The van der Waals surface area contributed by atoms with Crippen LogP contribution in [-0.4, -0.2) is 34.2 Å². The summed E-state index contributed by atoms with van der Waals surface area (Å²) in [5.74, 6) is -0.166. The maximum Gasteiger partial charge on any atom is 0.238 e. The van der Waals surface area contributed by atoms with Gasteiger partial charge in [-0.15, -0.1) is 0 Å². The maximum absolute atomic E-state index is 12.1. The molecule has 0 bridgehead atoms. The molecule has 0 aliphatic heterocycles. The van der Waals surface area contributed by atoms with Gasteiger partial charge in [-0.05, 0) is 26.1 Å². The highest BCUT2D eigenvalue weighted by Gasteiger charge is 2.12. The van der Waals surface area contributed by atoms with Crippen LogP contribution in [0.15, 0.2) is 30.6 Å². The number of halogens is 2. The fourth-order valence-corrected chi connectivity index (χ4v) is 2.56. The van der Waals surface area contributed by atoms with Crippen molar-refractivity contribution < 1.29 is 4.79 Å². The van der Waals surface area contributed by atoms with Gasteiger partial charge in [0.15, 0.2) is 0 Å². The van der Waals surface area contributed by atoms with Gasteiger partial charge >= 0.3 is 0 Å². The molecular weight excluding hydrogens is 323 g/mol. The summed E-state index contributed by atoms with van der Waals surface area (Å²) < 4.78 is 1.85. The molecule has 0 aliphatic rings. The van der Waals surface area contributed by atoms with Gasteiger partial charge in [0.2, 0.25) is 5.91 Å². The smallest absolute Gasteiger partial charge is 0.238 e. The van der Waals surface area contributed by atoms with Gasteiger partial charge < -0.3 is 5.32 Å². The number of nitrogens with zero attached hydrogens (tertiary/aromatic N) is 3. The topological polar surface area (TPSA) is 50.2 Å². The van der Waals surface area contributed by atoms with Crippen LogP contribution in [-0.2, 0) is 17.9 Å². The molecule has 1 amide bonds. The molecule has 7 heteroatoms. The van der Waals surface area contributed by atoms with Gasteiger partial charge in [0, 0.05) is 24.8 Å². The fraction of sp³-hybridized carbons (Fsp3) is 0.333. The zero-order valence-electron chi connectivity index (χ0n) is 12.5. The van der Waals surface area contributed by atoms with Crippen molar-refractivity contribution in [2.24, 2.45) is 0 Å². The maximum atomic E-state index is 12.1. The number of hydrogen-bond donors (Lipinski definition) is 1. The summed E-state index contributed by atoms with van der Waals surface area (Å²) in [4.78, 5) is 14.0. The van der Waals surface area contributed by atoms with Crippen LogP contribution < -0.4 is 5.32 Å². The molecule has 0 atom stereocenters. The Kier molecular flexibility index (Phi) is 5.83. The van der Waals surface area contributed by atoms with Crippen LogP contribution in [0.4, 0.5) is 5.69 Å². The molecule has 1 N–H and O–H groups in total. The molecular formula is C15H18Cl2N4O. The molecule has 0 fully saturated rings. The van der Waals surface area contributed by atoms with Crippen LogP contribution in [0.5, 0.6) is 0 Å². The highest BCUT2D eigenvalue weighted by atomic mass is 35.5. The van der Waals surface area contributed by atoms with Gasteiger partial charge in [0.25, 0.3) is 0 Å². The van der Waals surface area contributed by atoms with Crippen molar-refractivity contribution in [2.75, 3.05) is 18.9 Å². The van der Waals surface area contributed by atoms with Crippen LogP contribution in [0.2, 0.25) is 10.0 Å². The van der Waals surface area contributed by atoms with Crippen molar-refractivity contribution in [1.29, 1.82) is 0 Å². The number of anilines is 1. The van der Waals surface area contributed by atoms with Crippen LogP contribution in [0.1, 0.15) is 12.5 Å². The molecule has 0 radical (unpaired) electrons. The molecule has 2 rings (SSSR count). The van der Waals surface area contributed by atoms with E-state index in [0.717, 1.165) is 12.1 Å². The molecule has 22 heavy (non-hydrogen) atoms. The largest absolute Gasteiger partial charge is 0.322 e. The van der Waals surface area contributed by atoms with Crippen LogP contribution >= 0.6 is 23.2 Å². The lowest BCUT2D eigenvalue weighted by atomic mass is 10.3. The third-order valence-corrected chi connectivity index (χ3v) is 3.73. The van der Waals surface area contributed by atoms with E-state index in [2.05, 4.69) is 10.4 Å². The second-order valence-electron chi connectivity index (χ2n) is 5.02. The molecule has 0 saturated heterocycles. The molecule has 1 heterocycles. The quantitative estimate of drug-likeness (QED) is 0.877. The van der Waals surface area contributed by atoms with Gasteiger partial charge in [-0.1, -0.05) is 29.3 Å². The van der Waals surface area contributed by atoms with Crippen molar-refractivity contribution >= 4 is 34.8 Å². The van der Waals surface area contributed by atoms with Crippen molar-refractivity contribution in [3.05, 3.63) is 46.2 Å². The van der Waals surface area contributed by atoms with E-state index in [1.165, 1.54) is 0 Å². The molecule has 0 unspecified atom stereocenters. The molecule has 5 nitrogen and oxygen atoms in total. The number of nitrogens with one attached hydrogen (secondary N) is 1. The first-order valence-corrected chi connectivity index (χ1v) is 7.69. The molecule has 0 aliphatic carbocycles. The predicted octanol–water partition coefficient (Wildman–Crippen LogP) is 3.28. The van der Waals surface area contributed by atoms with E-state index < -0.39 is 0 Å². The number of aromatic nitrogens is 2. The average Bonchev–Trinajstić information content (AvgIpc) is 2.90. The average molecular weight is 341 g/mol. The lowest BCUT2D eigenvalue weighted by Gasteiger charge is -2.16. The second kappa shape index (κ2) is 7.63. The van der Waals surface area contributed by atoms with E-state index in [4.69, 9.17) is 23.2 Å². The van der Waals surface area contributed by atoms with Gasteiger partial charge in [0.1, 0.15) is 0 Å². The SMILES string of the molecule is CCn1cc(CN(C)CC(=O)Nc2c(Cl)cccc2Cl)cn1. The molecule has 0 spiro atoms. The third-order valence-electron chi connectivity index (χ3n) is 3.10. The Morgan fingerprint density at radius 3 is 2.64 bits per heavy atom. The minimum atomic E-state index is -0.166. The van der Waals surface area contributed by atoms with E-state index in [1.807, 2.05) is 35.9 Å². The van der Waals surface area contributed by atoms with Crippen molar-refractivity contribution in [1.82, 2.24) is 14.7 Å². The number of amides is 1. The minimum Gasteiger partial charge on any atom is -0.322 e. The standard InChI is InChI=1S/C15H18Cl2N4O/c1-3-21-9-11(7-18-21)8-20(2)10-14(22)19-15-12(16)5-4-6-13(15)17/h4-7,9H,3,8,10H2,1-2H3,(H,19,22). The van der Waals surface area contributed by atoms with Gasteiger partial charge in [0.05, 0.1) is 28.5 Å². The number of likely N-dealkylation sites (N-methyl/N-ethyl adjacent to an activating group) is 1. The van der Waals surface area contributed by atoms with Crippen LogP contribution in [0.25, 0.3) is 0 Å². The Labute approximate surface area is 139 Å². The third kappa shape index (κ3) is 4.47. The monoisotopic (exact) mass is 340 g/mol. The second-order valence-corrected chi connectivity index (χ2v) is 5.84. The predicted molar refractivity (Wildman–Crippen MR) is 89.3 cm³/mol. The summed E-state index contributed by atoms with van der Waals surface area (Å²) in [7, 11) is 1.87. The van der Waals surface area contributed by atoms with Crippen molar-refractivity contribution in [2.45, 2.75) is 20.0 Å². The summed E-state index contributed by atoms with van der Waals surface area (Å²) in [5, 5.41) is 7.81. The number of para-hydroxylation sites is 1. The van der Waals surface area contributed by atoms with E-state index in [0.29, 0.717) is 22.3 Å². The minimum absolute atomic E-state index is 0.166. The van der Waals surface area contributed by atoms with Crippen molar-refractivity contribution in [3.8, 4) is 0 Å². The Morgan fingerprint density at radius 1 is 1.36 bits per heavy atom. The van der Waals surface area contributed by atoms with Gasteiger partial charge in [-0.2, -0.15) is 5.10 Å². The Hall–Kier alpha value is -1.56. The van der Waals surface area contributed by atoms with E-state index in [1.54, 1.807) is 18.2 Å². The molecule has 1 aromatic heterocycles. The zero-order chi connectivity index (χ0) is 16.1. The summed E-state index contributed by atoms with van der Waals surface area (Å²) in [6, 6.07) is 5.11. The van der Waals surface area contributed by atoms with Gasteiger partial charge in [-0.3, -0.25) is 14.4 Å². The summed E-state index contributed by atoms with van der Waals surface area (Å²) in [5.41, 5.74) is 1.51. The van der Waals surface area contributed by atoms with E-state index >= 15 is 0 Å². The van der Waals surface area contributed by atoms with Crippen molar-refractivity contribution in [3.63, 3.8) is 0 Å². The number of benzene rings is 1. The van der Waals surface area contributed by atoms with E-state index in [-0.39, 0.29) is 12.5 Å². The fourth-order valence-electron chi connectivity index (χ4n) is 2.07. The summed E-state index contributed by atoms with van der Waals surface area (Å²) in [6.45, 7) is 3.74. The number of aryl methyl sites for hydroxylation is 1. The van der Waals surface area contributed by atoms with E-state index in [9.17, 15) is 4.79 Å². The summed E-state index contributed by atoms with van der Waals surface area (Å²) in [6.07, 6.45) is 3.78. The lowest BCUT2D eigenvalue weighted by Crippen LogP contribution is -2.29. The Balaban J connectivity index is 1.91. The first-order valence-electron chi connectivity index (χ1n) is 6.93. The molecule has 2 aromatic rings. The molecule has 0 saturated carbocycles. The van der Waals surface area contributed by atoms with Crippen LogP contribution in [0.3, 0.4) is 0 Å². The number of hydrogen-bond acceptors (Lipinski definition) is 3. The summed E-state index contributed by atoms with van der Waals surface area (Å²) >= 11 is 12.1. The first kappa shape index (κ1) is 16.8. The molecule has 118 valence electrons. The first-order chi connectivity index (χ1) is 10.5. The lowest BCUT2D eigenvalue weighted by molar-refractivity contribution is -0.117. The number of carbonyl (C=O) groups is 1.